The lowest BCUT2D eigenvalue weighted by Gasteiger charge is -2.49. The van der Waals surface area contributed by atoms with Crippen LogP contribution in [0.3, 0.4) is 0 Å². The number of rotatable bonds is 8. The first kappa shape index (κ1) is 30.5. The molecule has 37 heavy (non-hydrogen) atoms. The van der Waals surface area contributed by atoms with E-state index in [2.05, 4.69) is 5.32 Å². The van der Waals surface area contributed by atoms with Crippen LogP contribution in [0.2, 0.25) is 0 Å². The smallest absolute Gasteiger partial charge is 0.217 e. The van der Waals surface area contributed by atoms with Crippen molar-refractivity contribution in [2.45, 2.75) is 106 Å². The largest absolute Gasteiger partial charge is 0.394 e. The van der Waals surface area contributed by atoms with Crippen LogP contribution >= 0.6 is 0 Å². The quantitative estimate of drug-likeness (QED) is 0.138. The summed E-state index contributed by atoms with van der Waals surface area (Å²) in [6, 6.07) is -1.37. The molecule has 0 aromatic heterocycles. The van der Waals surface area contributed by atoms with Crippen LogP contribution in [0.25, 0.3) is 0 Å². The highest BCUT2D eigenvalue weighted by atomic mass is 16.8. The second-order valence-corrected chi connectivity index (χ2v) is 9.26. The zero-order chi connectivity index (χ0) is 27.6. The summed E-state index contributed by atoms with van der Waals surface area (Å²) in [5.41, 5.74) is 0. The van der Waals surface area contributed by atoms with E-state index in [0.717, 1.165) is 6.92 Å². The van der Waals surface area contributed by atoms with Crippen LogP contribution in [0.5, 0.6) is 0 Å². The number of nitrogens with one attached hydrogen (secondary N) is 1. The fraction of sp³-hybridized carbons (Fsp3) is 0.952. The minimum atomic E-state index is -1.76. The van der Waals surface area contributed by atoms with Gasteiger partial charge in [-0.25, -0.2) is 0 Å². The van der Waals surface area contributed by atoms with Gasteiger partial charge in [0, 0.05) is 14.0 Å². The van der Waals surface area contributed by atoms with Gasteiger partial charge < -0.3 is 74.6 Å². The molecule has 0 unspecified atom stereocenters. The molecule has 3 saturated heterocycles. The van der Waals surface area contributed by atoms with E-state index in [1.807, 2.05) is 0 Å². The van der Waals surface area contributed by atoms with Crippen molar-refractivity contribution in [2.75, 3.05) is 20.3 Å². The highest BCUT2D eigenvalue weighted by molar-refractivity contribution is 5.73. The molecule has 0 aromatic carbocycles. The maximum absolute atomic E-state index is 11.9. The SMILES string of the molecule is CO[C@H]1[C@H](O[C@H]2[C@H](O[C@@H]3O[C@@H](C)[C@@H](O)[C@@H](O)[C@@H]3O)[C@@H](NC(C)=O)[C@H](O)O[C@@H]2CO)O[C@H](CO)[C@H](O)[C@@H]1O. The third-order valence-corrected chi connectivity index (χ3v) is 6.70. The molecule has 16 nitrogen and oxygen atoms in total. The number of aliphatic hydroxyl groups excluding tert-OH is 8. The monoisotopic (exact) mass is 543 g/mol. The number of ether oxygens (including phenoxy) is 6. The van der Waals surface area contributed by atoms with Gasteiger partial charge in [-0.15, -0.1) is 0 Å². The molecule has 3 rings (SSSR count). The fourth-order valence-corrected chi connectivity index (χ4v) is 4.63. The summed E-state index contributed by atoms with van der Waals surface area (Å²) in [6.07, 6.45) is -20.5. The first-order valence-corrected chi connectivity index (χ1v) is 11.8. The van der Waals surface area contributed by atoms with Crippen LogP contribution in [-0.4, -0.2) is 159 Å². The van der Waals surface area contributed by atoms with Crippen molar-refractivity contribution in [1.29, 1.82) is 0 Å². The number of aliphatic hydroxyl groups is 8. The second kappa shape index (κ2) is 12.8. The van der Waals surface area contributed by atoms with E-state index < -0.39 is 111 Å². The summed E-state index contributed by atoms with van der Waals surface area (Å²) in [4.78, 5) is 11.9. The van der Waals surface area contributed by atoms with Crippen LogP contribution in [0.15, 0.2) is 0 Å². The van der Waals surface area contributed by atoms with E-state index >= 15 is 0 Å². The molecule has 9 N–H and O–H groups in total. The van der Waals surface area contributed by atoms with Crippen LogP contribution < -0.4 is 5.32 Å². The van der Waals surface area contributed by atoms with Gasteiger partial charge in [0.15, 0.2) is 18.9 Å². The summed E-state index contributed by atoms with van der Waals surface area (Å²) in [5.74, 6) is -0.612. The van der Waals surface area contributed by atoms with Gasteiger partial charge in [-0.3, -0.25) is 4.79 Å². The van der Waals surface area contributed by atoms with Crippen molar-refractivity contribution in [3.63, 3.8) is 0 Å². The van der Waals surface area contributed by atoms with Gasteiger partial charge >= 0.3 is 0 Å². The lowest BCUT2D eigenvalue weighted by molar-refractivity contribution is -0.371. The van der Waals surface area contributed by atoms with Gasteiger partial charge in [-0.05, 0) is 6.92 Å². The zero-order valence-corrected chi connectivity index (χ0v) is 20.5. The predicted octanol–water partition coefficient (Wildman–Crippen LogP) is -5.75. The van der Waals surface area contributed by atoms with Crippen molar-refractivity contribution in [3.05, 3.63) is 0 Å². The molecule has 3 aliphatic rings. The number of amides is 1. The normalized spacial score (nSPS) is 49.0. The maximum Gasteiger partial charge on any atom is 0.217 e. The molecule has 16 heteroatoms. The van der Waals surface area contributed by atoms with Gasteiger partial charge in [-0.1, -0.05) is 0 Å². The summed E-state index contributed by atoms with van der Waals surface area (Å²) >= 11 is 0. The van der Waals surface area contributed by atoms with Crippen LogP contribution in [0.4, 0.5) is 0 Å². The summed E-state index contributed by atoms with van der Waals surface area (Å²) in [7, 11) is 1.21. The van der Waals surface area contributed by atoms with Crippen molar-refractivity contribution < 1.29 is 74.1 Å². The van der Waals surface area contributed by atoms with Crippen molar-refractivity contribution >= 4 is 5.91 Å². The van der Waals surface area contributed by atoms with Gasteiger partial charge in [0.05, 0.1) is 19.3 Å². The standard InChI is InChI=1S/C21H37NO15/c1-6-11(26)13(28)15(30)20(33-6)37-17-10(22-7(2)25)19(31)34-9(5-24)16(17)36-21-18(32-3)14(29)12(27)8(4-23)35-21/h6,8-21,23-24,26-31H,4-5H2,1-3H3,(H,22,25)/t6-,8+,9+,10+,11+,12-,13+,14-,15-,16+,17+,18+,19+,20-,21-/m0/s1. The second-order valence-electron chi connectivity index (χ2n) is 9.26. The molecule has 3 aliphatic heterocycles. The molecule has 216 valence electrons. The maximum atomic E-state index is 11.9. The highest BCUT2D eigenvalue weighted by Gasteiger charge is 2.54. The van der Waals surface area contributed by atoms with Crippen LogP contribution in [0.1, 0.15) is 13.8 Å². The third-order valence-electron chi connectivity index (χ3n) is 6.70. The molecule has 0 saturated carbocycles. The molecule has 3 fully saturated rings. The first-order valence-electron chi connectivity index (χ1n) is 11.8. The third kappa shape index (κ3) is 6.39. The highest BCUT2D eigenvalue weighted by Crippen LogP contribution is 2.33. The molecule has 0 aliphatic carbocycles. The van der Waals surface area contributed by atoms with E-state index in [1.165, 1.54) is 14.0 Å². The molecular formula is C21H37NO15. The Morgan fingerprint density at radius 1 is 0.757 bits per heavy atom. The Hall–Kier alpha value is -1.09. The molecule has 3 heterocycles. The van der Waals surface area contributed by atoms with Crippen LogP contribution in [0, 0.1) is 0 Å². The summed E-state index contributed by atoms with van der Waals surface area (Å²) in [6.45, 7) is 1.15. The van der Waals surface area contributed by atoms with Gasteiger partial charge in [0.1, 0.15) is 67.1 Å². The molecule has 0 radical (unpaired) electrons. The number of hydrogen-bond donors (Lipinski definition) is 9. The Labute approximate surface area is 212 Å². The lowest BCUT2D eigenvalue weighted by atomic mass is 9.94. The van der Waals surface area contributed by atoms with Gasteiger partial charge in [-0.2, -0.15) is 0 Å². The number of carbonyl (C=O) groups is 1. The van der Waals surface area contributed by atoms with Crippen molar-refractivity contribution in [2.24, 2.45) is 0 Å². The van der Waals surface area contributed by atoms with Crippen molar-refractivity contribution in [3.8, 4) is 0 Å². The minimum absolute atomic E-state index is 0.612. The minimum Gasteiger partial charge on any atom is -0.394 e. The Balaban J connectivity index is 1.94. The molecule has 0 bridgehead atoms. The Bertz CT molecular complexity index is 747. The average molecular weight is 544 g/mol. The molecule has 0 aromatic rings. The Kier molecular flexibility index (Phi) is 10.6. The van der Waals surface area contributed by atoms with Crippen molar-refractivity contribution in [1.82, 2.24) is 5.32 Å². The van der Waals surface area contributed by atoms with Gasteiger partial charge in [0.25, 0.3) is 0 Å². The first-order chi connectivity index (χ1) is 17.4. The zero-order valence-electron chi connectivity index (χ0n) is 20.5. The van der Waals surface area contributed by atoms with E-state index in [-0.39, 0.29) is 0 Å². The topological polar surface area (TPSA) is 246 Å². The van der Waals surface area contributed by atoms with Crippen LogP contribution in [-0.2, 0) is 33.2 Å². The van der Waals surface area contributed by atoms with Gasteiger partial charge in [0.2, 0.25) is 5.91 Å². The molecule has 15 atom stereocenters. The fourth-order valence-electron chi connectivity index (χ4n) is 4.63. The number of hydrogen-bond acceptors (Lipinski definition) is 15. The van der Waals surface area contributed by atoms with E-state index in [4.69, 9.17) is 28.4 Å². The lowest BCUT2D eigenvalue weighted by Crippen LogP contribution is -2.69. The number of methoxy groups -OCH3 is 1. The van der Waals surface area contributed by atoms with E-state index in [1.54, 1.807) is 0 Å². The average Bonchev–Trinajstić information content (AvgIpc) is 2.86. The Morgan fingerprint density at radius 3 is 1.95 bits per heavy atom. The Morgan fingerprint density at radius 2 is 1.38 bits per heavy atom. The number of carbonyl (C=O) groups excluding carboxylic acids is 1. The van der Waals surface area contributed by atoms with E-state index in [0.29, 0.717) is 0 Å². The molecular weight excluding hydrogens is 506 g/mol. The summed E-state index contributed by atoms with van der Waals surface area (Å²) in [5, 5.41) is 83.8. The summed E-state index contributed by atoms with van der Waals surface area (Å²) < 4.78 is 33.5. The predicted molar refractivity (Wildman–Crippen MR) is 116 cm³/mol. The molecule has 0 spiro atoms. The molecule has 1 amide bonds. The van der Waals surface area contributed by atoms with E-state index in [9.17, 15) is 45.6 Å².